The Balaban J connectivity index is 2.51. The fraction of sp³-hybridized carbons (Fsp3) is 0.500. The number of anilines is 1. The first kappa shape index (κ1) is 14.4. The number of amides is 1. The van der Waals surface area contributed by atoms with Crippen LogP contribution in [0.4, 0.5) is 5.69 Å². The second-order valence-corrected chi connectivity index (χ2v) is 4.21. The number of benzene rings is 1. The van der Waals surface area contributed by atoms with Crippen molar-refractivity contribution < 1.29 is 9.53 Å². The van der Waals surface area contributed by atoms with Gasteiger partial charge in [0.15, 0.2) is 6.61 Å². The molecule has 1 amide bonds. The molecule has 1 aromatic rings. The first-order chi connectivity index (χ1) is 8.69. The largest absolute Gasteiger partial charge is 0.482 e. The molecule has 0 aromatic heterocycles. The third-order valence-corrected chi connectivity index (χ3v) is 2.61. The van der Waals surface area contributed by atoms with Gasteiger partial charge in [0, 0.05) is 13.1 Å². The van der Waals surface area contributed by atoms with Gasteiger partial charge >= 0.3 is 0 Å². The Labute approximate surface area is 109 Å². The van der Waals surface area contributed by atoms with Gasteiger partial charge in [-0.2, -0.15) is 0 Å². The molecule has 0 radical (unpaired) electrons. The summed E-state index contributed by atoms with van der Waals surface area (Å²) < 4.78 is 5.46. The van der Waals surface area contributed by atoms with E-state index in [1.807, 2.05) is 17.0 Å². The number of nitrogens with two attached hydrogens (primary N) is 1. The zero-order valence-electron chi connectivity index (χ0n) is 11.2. The van der Waals surface area contributed by atoms with Gasteiger partial charge in [-0.25, -0.2) is 0 Å². The molecular formula is C14H22N2O2. The lowest BCUT2D eigenvalue weighted by atomic mass is 10.3. The molecule has 0 bridgehead atoms. The number of rotatable bonds is 7. The summed E-state index contributed by atoms with van der Waals surface area (Å²) in [7, 11) is 0. The monoisotopic (exact) mass is 250 g/mol. The highest BCUT2D eigenvalue weighted by Gasteiger charge is 2.12. The van der Waals surface area contributed by atoms with E-state index in [9.17, 15) is 4.79 Å². The molecule has 0 aliphatic heterocycles. The normalized spacial score (nSPS) is 10.1. The van der Waals surface area contributed by atoms with E-state index in [1.165, 1.54) is 0 Å². The molecule has 4 nitrogen and oxygen atoms in total. The average Bonchev–Trinajstić information content (AvgIpc) is 2.37. The Morgan fingerprint density at radius 3 is 2.39 bits per heavy atom. The van der Waals surface area contributed by atoms with Crippen molar-refractivity contribution in [2.45, 2.75) is 26.7 Å². The average molecular weight is 250 g/mol. The Morgan fingerprint density at radius 2 is 1.83 bits per heavy atom. The number of para-hydroxylation sites is 2. The maximum Gasteiger partial charge on any atom is 0.260 e. The predicted octanol–water partition coefficient (Wildman–Crippen LogP) is 2.30. The van der Waals surface area contributed by atoms with Crippen LogP contribution in [0.25, 0.3) is 0 Å². The minimum atomic E-state index is 0.0157. The smallest absolute Gasteiger partial charge is 0.260 e. The quantitative estimate of drug-likeness (QED) is 0.755. The van der Waals surface area contributed by atoms with Crippen molar-refractivity contribution in [3.8, 4) is 5.75 Å². The highest BCUT2D eigenvalue weighted by atomic mass is 16.5. The third kappa shape index (κ3) is 4.28. The number of carbonyl (C=O) groups is 1. The van der Waals surface area contributed by atoms with Gasteiger partial charge in [0.1, 0.15) is 5.75 Å². The molecule has 0 aliphatic rings. The maximum absolute atomic E-state index is 12.0. The van der Waals surface area contributed by atoms with E-state index < -0.39 is 0 Å². The lowest BCUT2D eigenvalue weighted by Crippen LogP contribution is -2.36. The topological polar surface area (TPSA) is 55.6 Å². The van der Waals surface area contributed by atoms with Crippen LogP contribution in [0.5, 0.6) is 5.75 Å². The summed E-state index contributed by atoms with van der Waals surface area (Å²) in [6, 6.07) is 7.21. The molecule has 0 saturated carbocycles. The molecule has 100 valence electrons. The van der Waals surface area contributed by atoms with Crippen LogP contribution >= 0.6 is 0 Å². The lowest BCUT2D eigenvalue weighted by Gasteiger charge is -2.21. The van der Waals surface area contributed by atoms with Crippen LogP contribution in [0.1, 0.15) is 26.7 Å². The van der Waals surface area contributed by atoms with Crippen molar-refractivity contribution in [2.75, 3.05) is 25.4 Å². The van der Waals surface area contributed by atoms with Crippen LogP contribution in [-0.2, 0) is 4.79 Å². The van der Waals surface area contributed by atoms with Gasteiger partial charge in [-0.15, -0.1) is 0 Å². The summed E-state index contributed by atoms with van der Waals surface area (Å²) in [5.74, 6) is 0.584. The summed E-state index contributed by atoms with van der Waals surface area (Å²) in [5.41, 5.74) is 6.31. The molecule has 0 fully saturated rings. The minimum Gasteiger partial charge on any atom is -0.482 e. The van der Waals surface area contributed by atoms with Crippen molar-refractivity contribution >= 4 is 11.6 Å². The maximum atomic E-state index is 12.0. The highest BCUT2D eigenvalue weighted by Crippen LogP contribution is 2.19. The van der Waals surface area contributed by atoms with Gasteiger partial charge < -0.3 is 15.4 Å². The molecule has 0 spiro atoms. The van der Waals surface area contributed by atoms with Crippen LogP contribution in [0.15, 0.2) is 24.3 Å². The SMILES string of the molecule is CCCN(CCC)C(=O)COc1ccccc1N. The van der Waals surface area contributed by atoms with Gasteiger partial charge in [-0.3, -0.25) is 4.79 Å². The Kier molecular flexibility index (Phi) is 6.05. The first-order valence-electron chi connectivity index (χ1n) is 6.44. The van der Waals surface area contributed by atoms with Gasteiger partial charge in [0.05, 0.1) is 5.69 Å². The number of carbonyl (C=O) groups excluding carboxylic acids is 1. The predicted molar refractivity (Wildman–Crippen MR) is 73.5 cm³/mol. The molecule has 1 aromatic carbocycles. The van der Waals surface area contributed by atoms with Gasteiger partial charge in [0.25, 0.3) is 5.91 Å². The molecule has 2 N–H and O–H groups in total. The Morgan fingerprint density at radius 1 is 1.22 bits per heavy atom. The lowest BCUT2D eigenvalue weighted by molar-refractivity contribution is -0.133. The van der Waals surface area contributed by atoms with Crippen LogP contribution in [0.2, 0.25) is 0 Å². The fourth-order valence-electron chi connectivity index (χ4n) is 1.74. The Hall–Kier alpha value is -1.71. The van der Waals surface area contributed by atoms with E-state index in [2.05, 4.69) is 13.8 Å². The van der Waals surface area contributed by atoms with Crippen LogP contribution in [0, 0.1) is 0 Å². The molecule has 0 unspecified atom stereocenters. The number of nitrogen functional groups attached to an aromatic ring is 1. The molecule has 0 heterocycles. The van der Waals surface area contributed by atoms with E-state index in [0.29, 0.717) is 11.4 Å². The molecule has 4 heteroatoms. The highest BCUT2D eigenvalue weighted by molar-refractivity contribution is 5.78. The van der Waals surface area contributed by atoms with E-state index >= 15 is 0 Å². The van der Waals surface area contributed by atoms with Gasteiger partial charge in [-0.1, -0.05) is 26.0 Å². The van der Waals surface area contributed by atoms with Crippen LogP contribution < -0.4 is 10.5 Å². The van der Waals surface area contributed by atoms with E-state index in [1.54, 1.807) is 12.1 Å². The molecule has 0 aliphatic carbocycles. The van der Waals surface area contributed by atoms with Crippen LogP contribution in [0.3, 0.4) is 0 Å². The number of ether oxygens (including phenoxy) is 1. The van der Waals surface area contributed by atoms with Crippen molar-refractivity contribution in [3.63, 3.8) is 0 Å². The van der Waals surface area contributed by atoms with Crippen molar-refractivity contribution in [3.05, 3.63) is 24.3 Å². The molecule has 1 rings (SSSR count). The van der Waals surface area contributed by atoms with E-state index in [-0.39, 0.29) is 12.5 Å². The molecule has 0 saturated heterocycles. The first-order valence-corrected chi connectivity index (χ1v) is 6.44. The standard InChI is InChI=1S/C14H22N2O2/c1-3-9-16(10-4-2)14(17)11-18-13-8-6-5-7-12(13)15/h5-8H,3-4,9-11,15H2,1-2H3. The van der Waals surface area contributed by atoms with E-state index in [0.717, 1.165) is 25.9 Å². The number of hydrogen-bond acceptors (Lipinski definition) is 3. The summed E-state index contributed by atoms with van der Waals surface area (Å²) in [5, 5.41) is 0. The molecule has 18 heavy (non-hydrogen) atoms. The summed E-state index contributed by atoms with van der Waals surface area (Å²) >= 11 is 0. The second kappa shape index (κ2) is 7.58. The fourth-order valence-corrected chi connectivity index (χ4v) is 1.74. The van der Waals surface area contributed by atoms with Crippen molar-refractivity contribution in [1.82, 2.24) is 4.90 Å². The molecule has 0 atom stereocenters. The number of hydrogen-bond donors (Lipinski definition) is 1. The van der Waals surface area contributed by atoms with Crippen molar-refractivity contribution in [2.24, 2.45) is 0 Å². The minimum absolute atomic E-state index is 0.0157. The summed E-state index contributed by atoms with van der Waals surface area (Å²) in [4.78, 5) is 13.8. The van der Waals surface area contributed by atoms with Gasteiger partial charge in [-0.05, 0) is 25.0 Å². The second-order valence-electron chi connectivity index (χ2n) is 4.21. The van der Waals surface area contributed by atoms with Crippen LogP contribution in [-0.4, -0.2) is 30.5 Å². The zero-order chi connectivity index (χ0) is 13.4. The Bertz CT molecular complexity index is 374. The van der Waals surface area contributed by atoms with E-state index in [4.69, 9.17) is 10.5 Å². The molecular weight excluding hydrogens is 228 g/mol. The zero-order valence-corrected chi connectivity index (χ0v) is 11.2. The van der Waals surface area contributed by atoms with Gasteiger partial charge in [0.2, 0.25) is 0 Å². The van der Waals surface area contributed by atoms with Crippen molar-refractivity contribution in [1.29, 1.82) is 0 Å². The summed E-state index contributed by atoms with van der Waals surface area (Å²) in [6.07, 6.45) is 1.92. The summed E-state index contributed by atoms with van der Waals surface area (Å²) in [6.45, 7) is 5.73. The number of nitrogens with zero attached hydrogens (tertiary/aromatic N) is 1. The third-order valence-electron chi connectivity index (χ3n) is 2.61.